The molecule has 0 bridgehead atoms. The normalized spacial score (nSPS) is 16.0. The maximum Gasteiger partial charge on any atom is 0.123 e. The molecular formula is C22H25FN2O2. The van der Waals surface area contributed by atoms with Gasteiger partial charge < -0.3 is 14.9 Å². The first-order chi connectivity index (χ1) is 13.3. The number of ether oxygens (including phenoxy) is 1. The third kappa shape index (κ3) is 4.31. The smallest absolute Gasteiger partial charge is 0.123 e. The summed E-state index contributed by atoms with van der Waals surface area (Å²) in [5.74, 6) is -0.229. The summed E-state index contributed by atoms with van der Waals surface area (Å²) in [4.78, 5) is 5.75. The number of aryl methyl sites for hydroxylation is 1. The molecule has 5 heteroatoms. The van der Waals surface area contributed by atoms with Crippen LogP contribution in [-0.2, 0) is 11.2 Å². The summed E-state index contributed by atoms with van der Waals surface area (Å²) in [6.07, 6.45) is 5.17. The number of rotatable bonds is 9. The zero-order valence-corrected chi connectivity index (χ0v) is 15.4. The summed E-state index contributed by atoms with van der Waals surface area (Å²) in [6.45, 7) is 3.03. The molecule has 0 saturated heterocycles. The largest absolute Gasteiger partial charge is 0.414 e. The lowest BCUT2D eigenvalue weighted by Crippen LogP contribution is -2.24. The van der Waals surface area contributed by atoms with Crippen LogP contribution in [0.4, 0.5) is 4.39 Å². The van der Waals surface area contributed by atoms with Crippen molar-refractivity contribution in [2.45, 2.75) is 25.4 Å². The van der Waals surface area contributed by atoms with Crippen molar-refractivity contribution in [2.24, 2.45) is 0 Å². The van der Waals surface area contributed by atoms with Crippen LogP contribution >= 0.6 is 0 Å². The predicted molar refractivity (Wildman–Crippen MR) is 104 cm³/mol. The molecule has 0 saturated carbocycles. The molecule has 1 aliphatic carbocycles. The lowest BCUT2D eigenvalue weighted by atomic mass is 10.1. The minimum Gasteiger partial charge on any atom is -0.414 e. The predicted octanol–water partition coefficient (Wildman–Crippen LogP) is 3.89. The average Bonchev–Trinajstić information content (AvgIpc) is 3.28. The van der Waals surface area contributed by atoms with Crippen LogP contribution in [0.15, 0.2) is 54.7 Å². The molecule has 27 heavy (non-hydrogen) atoms. The van der Waals surface area contributed by atoms with Crippen molar-refractivity contribution in [1.29, 1.82) is 0 Å². The number of benzene rings is 2. The van der Waals surface area contributed by atoms with Crippen LogP contribution in [0, 0.1) is 5.82 Å². The van der Waals surface area contributed by atoms with E-state index in [1.807, 2.05) is 12.3 Å². The quantitative estimate of drug-likeness (QED) is 0.582. The Bertz CT molecular complexity index is 893. The number of nitrogens with one attached hydrogen (secondary N) is 1. The molecule has 1 unspecified atom stereocenters. The van der Waals surface area contributed by atoms with Crippen molar-refractivity contribution in [3.05, 3.63) is 71.7 Å². The van der Waals surface area contributed by atoms with Gasteiger partial charge in [-0.15, -0.1) is 0 Å². The Morgan fingerprint density at radius 2 is 2.00 bits per heavy atom. The Labute approximate surface area is 158 Å². The molecule has 1 aromatic heterocycles. The van der Waals surface area contributed by atoms with E-state index in [1.165, 1.54) is 23.3 Å². The van der Waals surface area contributed by atoms with E-state index < -0.39 is 0 Å². The van der Waals surface area contributed by atoms with E-state index in [0.29, 0.717) is 13.2 Å². The molecule has 0 amide bonds. The van der Waals surface area contributed by atoms with Crippen molar-refractivity contribution in [2.75, 3.05) is 26.3 Å². The van der Waals surface area contributed by atoms with Gasteiger partial charge in [0, 0.05) is 18.1 Å². The third-order valence-electron chi connectivity index (χ3n) is 5.02. The standard InChI is InChI=1S/C22H25FN2O2/c23-19-7-8-21-18(16-19)10-13-25(21)27-14-3-11-24-12-15-26-22-9-6-17-4-1-2-5-20(17)22/h1-2,4-5,7-8,10,13,16,22,24H,3,6,9,11-12,14-15H2. The Morgan fingerprint density at radius 3 is 2.96 bits per heavy atom. The first-order valence-electron chi connectivity index (χ1n) is 9.61. The minimum atomic E-state index is -0.229. The number of hydrogen-bond donors (Lipinski definition) is 1. The van der Waals surface area contributed by atoms with Crippen molar-refractivity contribution < 1.29 is 14.0 Å². The Balaban J connectivity index is 1.11. The highest BCUT2D eigenvalue weighted by Crippen LogP contribution is 2.33. The first-order valence-corrected chi connectivity index (χ1v) is 9.61. The Kier molecular flexibility index (Phi) is 5.70. The monoisotopic (exact) mass is 368 g/mol. The SMILES string of the molecule is Fc1ccc2c(ccn2OCCCNCCOC2CCc3ccccc32)c1. The van der Waals surface area contributed by atoms with E-state index in [-0.39, 0.29) is 11.9 Å². The van der Waals surface area contributed by atoms with Crippen LogP contribution in [0.25, 0.3) is 10.9 Å². The molecule has 0 fully saturated rings. The second kappa shape index (κ2) is 8.55. The van der Waals surface area contributed by atoms with Gasteiger partial charge in [-0.1, -0.05) is 24.3 Å². The van der Waals surface area contributed by atoms with E-state index in [0.717, 1.165) is 43.3 Å². The summed E-state index contributed by atoms with van der Waals surface area (Å²) >= 11 is 0. The van der Waals surface area contributed by atoms with Crippen molar-refractivity contribution in [3.63, 3.8) is 0 Å². The maximum atomic E-state index is 13.2. The van der Waals surface area contributed by atoms with Crippen LogP contribution in [0.3, 0.4) is 0 Å². The van der Waals surface area contributed by atoms with Crippen LogP contribution in [0.5, 0.6) is 0 Å². The molecule has 1 aliphatic rings. The van der Waals surface area contributed by atoms with Crippen LogP contribution in [0.2, 0.25) is 0 Å². The number of hydrogen-bond acceptors (Lipinski definition) is 3. The molecule has 0 radical (unpaired) electrons. The topological polar surface area (TPSA) is 35.4 Å². The molecule has 0 aliphatic heterocycles. The Hall–Kier alpha value is -2.37. The van der Waals surface area contributed by atoms with E-state index >= 15 is 0 Å². The molecule has 0 spiro atoms. The lowest BCUT2D eigenvalue weighted by Gasteiger charge is -2.13. The molecule has 4 nitrogen and oxygen atoms in total. The molecule has 3 aromatic rings. The summed E-state index contributed by atoms with van der Waals surface area (Å²) in [6, 6.07) is 15.1. The molecule has 142 valence electrons. The number of aromatic nitrogens is 1. The van der Waals surface area contributed by atoms with E-state index in [1.54, 1.807) is 10.8 Å². The second-order valence-electron chi connectivity index (χ2n) is 6.88. The molecule has 1 heterocycles. The van der Waals surface area contributed by atoms with Gasteiger partial charge in [0.25, 0.3) is 0 Å². The van der Waals surface area contributed by atoms with Crippen LogP contribution in [-0.4, -0.2) is 31.0 Å². The lowest BCUT2D eigenvalue weighted by molar-refractivity contribution is 0.0555. The molecule has 1 atom stereocenters. The van der Waals surface area contributed by atoms with Gasteiger partial charge in [0.15, 0.2) is 0 Å². The third-order valence-corrected chi connectivity index (χ3v) is 5.02. The van der Waals surface area contributed by atoms with Gasteiger partial charge in [-0.2, -0.15) is 4.73 Å². The van der Waals surface area contributed by atoms with Crippen LogP contribution < -0.4 is 10.2 Å². The van der Waals surface area contributed by atoms with Gasteiger partial charge in [-0.25, -0.2) is 4.39 Å². The summed E-state index contributed by atoms with van der Waals surface area (Å²) in [7, 11) is 0. The van der Waals surface area contributed by atoms with Gasteiger partial charge in [0.1, 0.15) is 12.4 Å². The average molecular weight is 368 g/mol. The van der Waals surface area contributed by atoms with E-state index in [9.17, 15) is 4.39 Å². The van der Waals surface area contributed by atoms with Crippen molar-refractivity contribution in [1.82, 2.24) is 10.0 Å². The maximum absolute atomic E-state index is 13.2. The van der Waals surface area contributed by atoms with Gasteiger partial charge in [0.05, 0.1) is 18.2 Å². The summed E-state index contributed by atoms with van der Waals surface area (Å²) < 4.78 is 20.9. The highest BCUT2D eigenvalue weighted by molar-refractivity contribution is 5.79. The fourth-order valence-electron chi connectivity index (χ4n) is 3.65. The number of halogens is 1. The van der Waals surface area contributed by atoms with Crippen molar-refractivity contribution >= 4 is 10.9 Å². The van der Waals surface area contributed by atoms with Gasteiger partial charge >= 0.3 is 0 Å². The fourth-order valence-corrected chi connectivity index (χ4v) is 3.65. The van der Waals surface area contributed by atoms with Gasteiger partial charge in [-0.05, 0) is 61.2 Å². The zero-order chi connectivity index (χ0) is 18.5. The molecule has 4 rings (SSSR count). The van der Waals surface area contributed by atoms with Gasteiger partial charge in [-0.3, -0.25) is 0 Å². The van der Waals surface area contributed by atoms with E-state index in [4.69, 9.17) is 9.57 Å². The first kappa shape index (κ1) is 18.0. The zero-order valence-electron chi connectivity index (χ0n) is 15.4. The van der Waals surface area contributed by atoms with E-state index in [2.05, 4.69) is 29.6 Å². The molecular weight excluding hydrogens is 343 g/mol. The molecule has 1 N–H and O–H groups in total. The highest BCUT2D eigenvalue weighted by atomic mass is 19.1. The fraction of sp³-hybridized carbons (Fsp3) is 0.364. The molecule has 2 aromatic carbocycles. The van der Waals surface area contributed by atoms with Crippen LogP contribution in [0.1, 0.15) is 30.1 Å². The Morgan fingerprint density at radius 1 is 1.07 bits per heavy atom. The number of nitrogens with zero attached hydrogens (tertiary/aromatic N) is 1. The summed E-state index contributed by atoms with van der Waals surface area (Å²) in [5.41, 5.74) is 3.66. The second-order valence-corrected chi connectivity index (χ2v) is 6.88. The van der Waals surface area contributed by atoms with Crippen molar-refractivity contribution in [3.8, 4) is 0 Å². The minimum absolute atomic E-state index is 0.229. The number of fused-ring (bicyclic) bond motifs is 2. The highest BCUT2D eigenvalue weighted by Gasteiger charge is 2.21. The van der Waals surface area contributed by atoms with Gasteiger partial charge in [0.2, 0.25) is 0 Å². The summed E-state index contributed by atoms with van der Waals surface area (Å²) in [5, 5.41) is 4.24.